The summed E-state index contributed by atoms with van der Waals surface area (Å²) < 4.78 is 2.16. The molecule has 0 saturated carbocycles. The van der Waals surface area contributed by atoms with Crippen molar-refractivity contribution in [2.45, 2.75) is 25.9 Å². The number of aromatic nitrogens is 2. The molecule has 1 aliphatic rings. The lowest BCUT2D eigenvalue weighted by molar-refractivity contribution is 0.0538. The van der Waals surface area contributed by atoms with Crippen LogP contribution < -0.4 is 5.73 Å². The number of imidazole rings is 1. The highest BCUT2D eigenvalue weighted by Crippen LogP contribution is 2.21. The van der Waals surface area contributed by atoms with Gasteiger partial charge in [-0.3, -0.25) is 4.90 Å². The van der Waals surface area contributed by atoms with E-state index in [-0.39, 0.29) is 5.66 Å². The molecule has 0 spiro atoms. The molecule has 114 valence electrons. The van der Waals surface area contributed by atoms with Gasteiger partial charge in [0.15, 0.2) is 0 Å². The zero-order valence-corrected chi connectivity index (χ0v) is 13.2. The van der Waals surface area contributed by atoms with Crippen LogP contribution in [0.15, 0.2) is 24.4 Å². The lowest BCUT2D eigenvalue weighted by Crippen LogP contribution is -2.61. The maximum atomic E-state index is 6.65. The normalized spacial score (nSPS) is 20.8. The third-order valence-corrected chi connectivity index (χ3v) is 4.58. The van der Waals surface area contributed by atoms with Gasteiger partial charge in [0.2, 0.25) is 0 Å². The van der Waals surface area contributed by atoms with Crippen LogP contribution in [0.25, 0.3) is 5.65 Å². The van der Waals surface area contributed by atoms with Gasteiger partial charge < -0.3 is 15.0 Å². The predicted molar refractivity (Wildman–Crippen MR) is 85.3 cm³/mol. The second-order valence-corrected chi connectivity index (χ2v) is 6.40. The number of pyridine rings is 1. The third kappa shape index (κ3) is 2.81. The van der Waals surface area contributed by atoms with Crippen LogP contribution in [-0.2, 0) is 6.42 Å². The Morgan fingerprint density at radius 2 is 1.95 bits per heavy atom. The van der Waals surface area contributed by atoms with E-state index in [0.29, 0.717) is 0 Å². The summed E-state index contributed by atoms with van der Waals surface area (Å²) in [5.41, 5.74) is 9.61. The molecule has 0 aromatic carbocycles. The van der Waals surface area contributed by atoms with E-state index in [1.165, 1.54) is 5.69 Å². The molecule has 1 aliphatic heterocycles. The Morgan fingerprint density at radius 1 is 1.24 bits per heavy atom. The van der Waals surface area contributed by atoms with Gasteiger partial charge in [0.05, 0.1) is 11.4 Å². The number of fused-ring (bicyclic) bond motifs is 1. The number of piperazine rings is 1. The van der Waals surface area contributed by atoms with Gasteiger partial charge in [0, 0.05) is 44.5 Å². The van der Waals surface area contributed by atoms with Crippen LogP contribution in [-0.4, -0.2) is 58.1 Å². The SMILES string of the molecule is Cc1nc2ccccn2c1CC(C)(N)N1CCN(C)CC1. The van der Waals surface area contributed by atoms with E-state index in [1.54, 1.807) is 0 Å². The topological polar surface area (TPSA) is 49.8 Å². The smallest absolute Gasteiger partial charge is 0.137 e. The molecule has 0 bridgehead atoms. The van der Waals surface area contributed by atoms with E-state index in [0.717, 1.165) is 43.9 Å². The fourth-order valence-electron chi connectivity index (χ4n) is 3.15. The number of aryl methyl sites for hydroxylation is 1. The molecule has 1 fully saturated rings. The third-order valence-electron chi connectivity index (χ3n) is 4.58. The van der Waals surface area contributed by atoms with Crippen molar-refractivity contribution >= 4 is 5.65 Å². The minimum absolute atomic E-state index is 0.335. The van der Waals surface area contributed by atoms with Crippen LogP contribution in [0.4, 0.5) is 0 Å². The first-order chi connectivity index (χ1) is 9.97. The Labute approximate surface area is 126 Å². The van der Waals surface area contributed by atoms with Crippen LogP contribution in [0, 0.1) is 6.92 Å². The molecule has 1 atom stereocenters. The Bertz CT molecular complexity index is 623. The minimum atomic E-state index is -0.335. The van der Waals surface area contributed by atoms with Crippen molar-refractivity contribution < 1.29 is 0 Å². The fraction of sp³-hybridized carbons (Fsp3) is 0.562. The number of hydrogen-bond acceptors (Lipinski definition) is 4. The van der Waals surface area contributed by atoms with Gasteiger partial charge in [-0.1, -0.05) is 6.07 Å². The standard InChI is InChI=1S/C16H25N5/c1-13-14(21-7-5-4-6-15(21)18-13)12-16(2,17)20-10-8-19(3)9-11-20/h4-7H,8-12,17H2,1-3H3. The summed E-state index contributed by atoms with van der Waals surface area (Å²) in [7, 11) is 2.17. The number of rotatable bonds is 3. The number of likely N-dealkylation sites (N-methyl/N-ethyl adjacent to an activating group) is 1. The van der Waals surface area contributed by atoms with E-state index < -0.39 is 0 Å². The van der Waals surface area contributed by atoms with Crippen molar-refractivity contribution in [1.82, 2.24) is 19.2 Å². The summed E-state index contributed by atoms with van der Waals surface area (Å²) in [5.74, 6) is 0. The summed E-state index contributed by atoms with van der Waals surface area (Å²) in [6.45, 7) is 8.43. The molecule has 0 radical (unpaired) electrons. The van der Waals surface area contributed by atoms with Gasteiger partial charge in [-0.2, -0.15) is 0 Å². The lowest BCUT2D eigenvalue weighted by Gasteiger charge is -2.43. The molecule has 1 saturated heterocycles. The van der Waals surface area contributed by atoms with Crippen molar-refractivity contribution in [3.63, 3.8) is 0 Å². The van der Waals surface area contributed by atoms with Gasteiger partial charge in [-0.05, 0) is 33.0 Å². The molecule has 21 heavy (non-hydrogen) atoms. The molecule has 1 unspecified atom stereocenters. The zero-order valence-electron chi connectivity index (χ0n) is 13.2. The number of nitrogens with two attached hydrogens (primary N) is 1. The van der Waals surface area contributed by atoms with E-state index >= 15 is 0 Å². The molecule has 5 nitrogen and oxygen atoms in total. The van der Waals surface area contributed by atoms with E-state index in [4.69, 9.17) is 5.73 Å². The highest BCUT2D eigenvalue weighted by molar-refractivity contribution is 5.43. The van der Waals surface area contributed by atoms with Crippen molar-refractivity contribution in [3.05, 3.63) is 35.8 Å². The van der Waals surface area contributed by atoms with Gasteiger partial charge in [-0.25, -0.2) is 4.98 Å². The minimum Gasteiger partial charge on any atom is -0.313 e. The van der Waals surface area contributed by atoms with Gasteiger partial charge >= 0.3 is 0 Å². The zero-order chi connectivity index (χ0) is 15.0. The van der Waals surface area contributed by atoms with Crippen LogP contribution in [0.5, 0.6) is 0 Å². The second-order valence-electron chi connectivity index (χ2n) is 6.40. The highest BCUT2D eigenvalue weighted by atomic mass is 15.3. The molecule has 5 heteroatoms. The average Bonchev–Trinajstić information content (AvgIpc) is 2.75. The lowest BCUT2D eigenvalue weighted by atomic mass is 10.0. The van der Waals surface area contributed by atoms with Crippen molar-refractivity contribution in [2.75, 3.05) is 33.2 Å². The van der Waals surface area contributed by atoms with Gasteiger partial charge in [-0.15, -0.1) is 0 Å². The molecule has 0 amide bonds. The molecule has 2 aromatic rings. The maximum absolute atomic E-state index is 6.65. The largest absolute Gasteiger partial charge is 0.313 e. The van der Waals surface area contributed by atoms with Crippen molar-refractivity contribution in [1.29, 1.82) is 0 Å². The first-order valence-corrected chi connectivity index (χ1v) is 7.62. The van der Waals surface area contributed by atoms with E-state index in [9.17, 15) is 0 Å². The molecule has 3 rings (SSSR count). The monoisotopic (exact) mass is 287 g/mol. The fourth-order valence-corrected chi connectivity index (χ4v) is 3.15. The van der Waals surface area contributed by atoms with Crippen LogP contribution in [0.2, 0.25) is 0 Å². The average molecular weight is 287 g/mol. The summed E-state index contributed by atoms with van der Waals surface area (Å²) >= 11 is 0. The Balaban J connectivity index is 1.85. The molecule has 0 aliphatic carbocycles. The maximum Gasteiger partial charge on any atom is 0.137 e. The van der Waals surface area contributed by atoms with Crippen LogP contribution in [0.1, 0.15) is 18.3 Å². The van der Waals surface area contributed by atoms with Crippen LogP contribution in [0.3, 0.4) is 0 Å². The second kappa shape index (κ2) is 5.40. The quantitative estimate of drug-likeness (QED) is 0.919. The summed E-state index contributed by atoms with van der Waals surface area (Å²) in [6.07, 6.45) is 2.89. The molecule has 3 heterocycles. The van der Waals surface area contributed by atoms with E-state index in [2.05, 4.69) is 46.3 Å². The van der Waals surface area contributed by atoms with E-state index in [1.807, 2.05) is 18.2 Å². The summed E-state index contributed by atoms with van der Waals surface area (Å²) in [5, 5.41) is 0. The van der Waals surface area contributed by atoms with Gasteiger partial charge in [0.1, 0.15) is 5.65 Å². The molecular formula is C16H25N5. The summed E-state index contributed by atoms with van der Waals surface area (Å²) in [6, 6.07) is 6.11. The number of nitrogens with zero attached hydrogens (tertiary/aromatic N) is 4. The predicted octanol–water partition coefficient (Wildman–Crippen LogP) is 1.11. The van der Waals surface area contributed by atoms with Gasteiger partial charge in [0.25, 0.3) is 0 Å². The molecular weight excluding hydrogens is 262 g/mol. The first-order valence-electron chi connectivity index (χ1n) is 7.62. The first kappa shape index (κ1) is 14.5. The van der Waals surface area contributed by atoms with Crippen molar-refractivity contribution in [2.24, 2.45) is 5.73 Å². The number of hydrogen-bond donors (Lipinski definition) is 1. The molecule has 2 N–H and O–H groups in total. The summed E-state index contributed by atoms with van der Waals surface area (Å²) in [4.78, 5) is 9.39. The Morgan fingerprint density at radius 3 is 2.67 bits per heavy atom. The Kier molecular flexibility index (Phi) is 3.73. The molecule has 2 aromatic heterocycles. The highest BCUT2D eigenvalue weighted by Gasteiger charge is 2.31. The van der Waals surface area contributed by atoms with Crippen LogP contribution >= 0.6 is 0 Å². The van der Waals surface area contributed by atoms with Crippen molar-refractivity contribution in [3.8, 4) is 0 Å². The Hall–Kier alpha value is -1.43.